The van der Waals surface area contributed by atoms with Crippen molar-refractivity contribution in [2.24, 2.45) is 0 Å². The van der Waals surface area contributed by atoms with Crippen LogP contribution in [0.3, 0.4) is 0 Å². The highest BCUT2D eigenvalue weighted by Crippen LogP contribution is 2.10. The topological polar surface area (TPSA) is 29.1 Å². The molecule has 0 atom stereocenters. The van der Waals surface area contributed by atoms with Crippen molar-refractivity contribution in [2.75, 3.05) is 5.32 Å². The van der Waals surface area contributed by atoms with Crippen LogP contribution >= 0.6 is 0 Å². The molecule has 1 N–H and O–H groups in total. The van der Waals surface area contributed by atoms with Gasteiger partial charge in [-0.05, 0) is 36.8 Å². The van der Waals surface area contributed by atoms with E-state index in [2.05, 4.69) is 5.32 Å². The molecule has 0 saturated heterocycles. The molecule has 2 nitrogen and oxygen atoms in total. The highest BCUT2D eigenvalue weighted by atomic mass is 19.1. The summed E-state index contributed by atoms with van der Waals surface area (Å²) in [5.74, 6) is -0.418. The zero-order chi connectivity index (χ0) is 13.0. The van der Waals surface area contributed by atoms with Gasteiger partial charge in [0.2, 0.25) is 5.91 Å². The molecule has 0 aliphatic heterocycles. The van der Waals surface area contributed by atoms with Crippen molar-refractivity contribution in [1.29, 1.82) is 0 Å². The van der Waals surface area contributed by atoms with Crippen LogP contribution in [0.5, 0.6) is 0 Å². The molecule has 2 aromatic carbocycles. The number of benzene rings is 2. The quantitative estimate of drug-likeness (QED) is 0.880. The number of carbonyl (C=O) groups excluding carboxylic acids is 1. The molecule has 0 aliphatic rings. The Bertz CT molecular complexity index is 549. The third-order valence-corrected chi connectivity index (χ3v) is 2.58. The molecule has 0 heterocycles. The first kappa shape index (κ1) is 12.3. The fourth-order valence-corrected chi connectivity index (χ4v) is 1.75. The fraction of sp³-hybridized carbons (Fsp3) is 0.133. The van der Waals surface area contributed by atoms with E-state index in [0.29, 0.717) is 12.1 Å². The van der Waals surface area contributed by atoms with Crippen LogP contribution in [0.2, 0.25) is 0 Å². The van der Waals surface area contributed by atoms with Crippen LogP contribution in [-0.4, -0.2) is 5.91 Å². The molecule has 18 heavy (non-hydrogen) atoms. The zero-order valence-corrected chi connectivity index (χ0v) is 10.1. The smallest absolute Gasteiger partial charge is 0.228 e. The maximum Gasteiger partial charge on any atom is 0.228 e. The lowest BCUT2D eigenvalue weighted by molar-refractivity contribution is -0.115. The van der Waals surface area contributed by atoms with Gasteiger partial charge >= 0.3 is 0 Å². The molecule has 0 fully saturated rings. The molecular formula is C15H14FNO. The number of rotatable bonds is 3. The summed E-state index contributed by atoms with van der Waals surface area (Å²) >= 11 is 0. The Kier molecular flexibility index (Phi) is 3.72. The van der Waals surface area contributed by atoms with Gasteiger partial charge in [0.25, 0.3) is 0 Å². The minimum absolute atomic E-state index is 0.104. The monoisotopic (exact) mass is 243 g/mol. The van der Waals surface area contributed by atoms with Crippen LogP contribution in [0, 0.1) is 12.7 Å². The van der Waals surface area contributed by atoms with Crippen LogP contribution in [0.1, 0.15) is 11.1 Å². The van der Waals surface area contributed by atoms with Crippen molar-refractivity contribution >= 4 is 11.6 Å². The molecule has 0 spiro atoms. The van der Waals surface area contributed by atoms with E-state index < -0.39 is 0 Å². The number of carbonyl (C=O) groups is 1. The van der Waals surface area contributed by atoms with Crippen LogP contribution in [0.15, 0.2) is 48.5 Å². The largest absolute Gasteiger partial charge is 0.326 e. The van der Waals surface area contributed by atoms with Gasteiger partial charge in [-0.25, -0.2) is 4.39 Å². The summed E-state index contributed by atoms with van der Waals surface area (Å²) in [6, 6.07) is 13.5. The van der Waals surface area contributed by atoms with Gasteiger partial charge in [-0.2, -0.15) is 0 Å². The maximum absolute atomic E-state index is 12.7. The summed E-state index contributed by atoms with van der Waals surface area (Å²) in [6.07, 6.45) is 0.319. The average Bonchev–Trinajstić information content (AvgIpc) is 2.32. The molecule has 1 amide bonds. The van der Waals surface area contributed by atoms with E-state index in [0.717, 1.165) is 11.1 Å². The van der Waals surface area contributed by atoms with Gasteiger partial charge < -0.3 is 5.32 Å². The summed E-state index contributed by atoms with van der Waals surface area (Å²) in [7, 11) is 0. The SMILES string of the molecule is Cc1cccc(CC(=O)Nc2ccc(F)cc2)c1. The van der Waals surface area contributed by atoms with E-state index in [1.807, 2.05) is 31.2 Å². The van der Waals surface area contributed by atoms with Gasteiger partial charge in [0, 0.05) is 5.69 Å². The number of hydrogen-bond donors (Lipinski definition) is 1. The van der Waals surface area contributed by atoms with Gasteiger partial charge in [0.1, 0.15) is 5.82 Å². The molecule has 0 radical (unpaired) electrons. The molecule has 92 valence electrons. The molecular weight excluding hydrogens is 229 g/mol. The highest BCUT2D eigenvalue weighted by molar-refractivity contribution is 5.92. The van der Waals surface area contributed by atoms with Crippen molar-refractivity contribution in [2.45, 2.75) is 13.3 Å². The molecule has 0 saturated carbocycles. The average molecular weight is 243 g/mol. The normalized spacial score (nSPS) is 10.1. The summed E-state index contributed by atoms with van der Waals surface area (Å²) in [6.45, 7) is 1.99. The van der Waals surface area contributed by atoms with E-state index in [4.69, 9.17) is 0 Å². The standard InChI is InChI=1S/C15H14FNO/c1-11-3-2-4-12(9-11)10-15(18)17-14-7-5-13(16)6-8-14/h2-9H,10H2,1H3,(H,17,18). The summed E-state index contributed by atoms with van der Waals surface area (Å²) in [5.41, 5.74) is 2.70. The van der Waals surface area contributed by atoms with Gasteiger partial charge in [-0.1, -0.05) is 29.8 Å². The second-order valence-corrected chi connectivity index (χ2v) is 4.22. The number of hydrogen-bond acceptors (Lipinski definition) is 1. The van der Waals surface area contributed by atoms with Crippen molar-refractivity contribution in [3.63, 3.8) is 0 Å². The van der Waals surface area contributed by atoms with Crippen molar-refractivity contribution in [1.82, 2.24) is 0 Å². The third kappa shape index (κ3) is 3.42. The lowest BCUT2D eigenvalue weighted by Crippen LogP contribution is -2.14. The lowest BCUT2D eigenvalue weighted by Gasteiger charge is -2.05. The minimum atomic E-state index is -0.313. The number of aryl methyl sites for hydroxylation is 1. The Hall–Kier alpha value is -2.16. The fourth-order valence-electron chi connectivity index (χ4n) is 1.75. The van der Waals surface area contributed by atoms with Gasteiger partial charge in [0.15, 0.2) is 0 Å². The maximum atomic E-state index is 12.7. The Morgan fingerprint density at radius 1 is 1.17 bits per heavy atom. The summed E-state index contributed by atoms with van der Waals surface area (Å²) in [5, 5.41) is 2.73. The first-order valence-electron chi connectivity index (χ1n) is 5.74. The van der Waals surface area contributed by atoms with Crippen LogP contribution < -0.4 is 5.32 Å². The highest BCUT2D eigenvalue weighted by Gasteiger charge is 2.04. The Balaban J connectivity index is 1.98. The number of amides is 1. The van der Waals surface area contributed by atoms with E-state index in [-0.39, 0.29) is 11.7 Å². The summed E-state index contributed by atoms with van der Waals surface area (Å²) in [4.78, 5) is 11.8. The van der Waals surface area contributed by atoms with E-state index in [9.17, 15) is 9.18 Å². The lowest BCUT2D eigenvalue weighted by atomic mass is 10.1. The predicted octanol–water partition coefficient (Wildman–Crippen LogP) is 3.32. The first-order valence-corrected chi connectivity index (χ1v) is 5.74. The Morgan fingerprint density at radius 3 is 2.56 bits per heavy atom. The Morgan fingerprint density at radius 2 is 1.89 bits per heavy atom. The van der Waals surface area contributed by atoms with Crippen LogP contribution in [0.4, 0.5) is 10.1 Å². The second kappa shape index (κ2) is 5.45. The third-order valence-electron chi connectivity index (χ3n) is 2.58. The second-order valence-electron chi connectivity index (χ2n) is 4.22. The Labute approximate surface area is 105 Å². The van der Waals surface area contributed by atoms with E-state index in [1.165, 1.54) is 12.1 Å². The number of anilines is 1. The van der Waals surface area contributed by atoms with Crippen molar-refractivity contribution in [3.05, 3.63) is 65.5 Å². The molecule has 0 unspecified atom stereocenters. The number of nitrogens with one attached hydrogen (secondary N) is 1. The predicted molar refractivity (Wildman–Crippen MR) is 69.9 cm³/mol. The molecule has 2 aromatic rings. The van der Waals surface area contributed by atoms with E-state index >= 15 is 0 Å². The molecule has 3 heteroatoms. The van der Waals surface area contributed by atoms with Crippen LogP contribution in [-0.2, 0) is 11.2 Å². The van der Waals surface area contributed by atoms with Gasteiger partial charge in [-0.15, -0.1) is 0 Å². The summed E-state index contributed by atoms with van der Waals surface area (Å²) < 4.78 is 12.7. The minimum Gasteiger partial charge on any atom is -0.326 e. The molecule has 2 rings (SSSR count). The number of halogens is 1. The first-order chi connectivity index (χ1) is 8.63. The van der Waals surface area contributed by atoms with Crippen LogP contribution in [0.25, 0.3) is 0 Å². The molecule has 0 aliphatic carbocycles. The zero-order valence-electron chi connectivity index (χ0n) is 10.1. The van der Waals surface area contributed by atoms with Gasteiger partial charge in [0.05, 0.1) is 6.42 Å². The van der Waals surface area contributed by atoms with Crippen molar-refractivity contribution in [3.8, 4) is 0 Å². The van der Waals surface area contributed by atoms with E-state index in [1.54, 1.807) is 12.1 Å². The van der Waals surface area contributed by atoms with Gasteiger partial charge in [-0.3, -0.25) is 4.79 Å². The molecule has 0 bridgehead atoms. The van der Waals surface area contributed by atoms with Crippen molar-refractivity contribution < 1.29 is 9.18 Å². The molecule has 0 aromatic heterocycles.